The molecular formula is C46H39NO6. The third kappa shape index (κ3) is 10.7. The molecule has 0 aliphatic rings. The van der Waals surface area contributed by atoms with Crippen LogP contribution < -0.4 is 0 Å². The molecule has 2 unspecified atom stereocenters. The topological polar surface area (TPSA) is 107 Å². The van der Waals surface area contributed by atoms with Crippen molar-refractivity contribution in [3.63, 3.8) is 0 Å². The molecule has 7 aromatic rings. The summed E-state index contributed by atoms with van der Waals surface area (Å²) in [6.45, 7) is 3.17. The summed E-state index contributed by atoms with van der Waals surface area (Å²) in [6, 6.07) is 55.7. The van der Waals surface area contributed by atoms with E-state index in [4.69, 9.17) is 9.15 Å². The quantitative estimate of drug-likeness (QED) is 0.118. The molecule has 0 aliphatic heterocycles. The third-order valence-corrected chi connectivity index (χ3v) is 7.92. The van der Waals surface area contributed by atoms with Crippen LogP contribution in [0, 0.1) is 6.92 Å². The zero-order valence-electron chi connectivity index (χ0n) is 29.4. The molecule has 0 saturated carbocycles. The van der Waals surface area contributed by atoms with E-state index in [-0.39, 0.29) is 11.6 Å². The minimum Gasteiger partial charge on any atom is -0.449 e. The number of hydrogen-bond acceptors (Lipinski definition) is 7. The van der Waals surface area contributed by atoms with Crippen molar-refractivity contribution in [1.29, 1.82) is 0 Å². The lowest BCUT2D eigenvalue weighted by atomic mass is 10.00. The van der Waals surface area contributed by atoms with Crippen molar-refractivity contribution in [3.05, 3.63) is 210 Å². The number of aliphatic hydroxyl groups is 1. The van der Waals surface area contributed by atoms with Crippen LogP contribution in [-0.4, -0.2) is 27.6 Å². The van der Waals surface area contributed by atoms with E-state index < -0.39 is 18.2 Å². The Morgan fingerprint density at radius 3 is 1.42 bits per heavy atom. The summed E-state index contributed by atoms with van der Waals surface area (Å²) in [5.74, 6) is 0.555. The zero-order valence-corrected chi connectivity index (χ0v) is 29.4. The predicted octanol–water partition coefficient (Wildman–Crippen LogP) is 10.1. The molecule has 0 aliphatic carbocycles. The van der Waals surface area contributed by atoms with Gasteiger partial charge in [-0.25, -0.2) is 4.98 Å². The molecule has 0 bridgehead atoms. The van der Waals surface area contributed by atoms with E-state index in [2.05, 4.69) is 4.98 Å². The number of ether oxygens (including phenoxy) is 1. The number of benzene rings is 6. The summed E-state index contributed by atoms with van der Waals surface area (Å²) in [5, 5.41) is 9.89. The van der Waals surface area contributed by atoms with Gasteiger partial charge in [0.15, 0.2) is 23.5 Å². The van der Waals surface area contributed by atoms with E-state index in [9.17, 15) is 19.5 Å². The average Bonchev–Trinajstić information content (AvgIpc) is 3.63. The third-order valence-electron chi connectivity index (χ3n) is 7.92. The lowest BCUT2D eigenvalue weighted by molar-refractivity contribution is -0.144. The van der Waals surface area contributed by atoms with Crippen molar-refractivity contribution in [3.8, 4) is 22.6 Å². The van der Waals surface area contributed by atoms with E-state index in [0.29, 0.717) is 28.1 Å². The smallest absolute Gasteiger partial charge is 0.303 e. The number of esters is 1. The van der Waals surface area contributed by atoms with Crippen LogP contribution in [-0.2, 0) is 9.53 Å². The van der Waals surface area contributed by atoms with Crippen LogP contribution >= 0.6 is 0 Å². The maximum atomic E-state index is 12.4. The Labute approximate surface area is 309 Å². The van der Waals surface area contributed by atoms with E-state index >= 15 is 0 Å². The summed E-state index contributed by atoms with van der Waals surface area (Å²) in [5.41, 5.74) is 5.38. The summed E-state index contributed by atoms with van der Waals surface area (Å²) in [4.78, 5) is 40.0. The molecule has 53 heavy (non-hydrogen) atoms. The highest BCUT2D eigenvalue weighted by molar-refractivity contribution is 6.01. The molecule has 7 heteroatoms. The van der Waals surface area contributed by atoms with Gasteiger partial charge in [0, 0.05) is 41.7 Å². The second-order valence-electron chi connectivity index (χ2n) is 11.8. The lowest BCUT2D eigenvalue weighted by Gasteiger charge is -2.16. The largest absolute Gasteiger partial charge is 0.449 e. The Morgan fingerprint density at radius 1 is 0.547 bits per heavy atom. The molecule has 1 N–H and O–H groups in total. The molecule has 2 atom stereocenters. The number of hydrogen-bond donors (Lipinski definition) is 1. The van der Waals surface area contributed by atoms with Gasteiger partial charge in [-0.05, 0) is 5.56 Å². The van der Waals surface area contributed by atoms with Gasteiger partial charge < -0.3 is 14.3 Å². The normalized spacial score (nSPS) is 11.4. The van der Waals surface area contributed by atoms with Crippen LogP contribution in [0.4, 0.5) is 0 Å². The lowest BCUT2D eigenvalue weighted by Crippen LogP contribution is -2.18. The number of nitrogens with zero attached hydrogens (tertiary/aromatic N) is 1. The van der Waals surface area contributed by atoms with E-state index in [0.717, 1.165) is 22.6 Å². The summed E-state index contributed by atoms with van der Waals surface area (Å²) in [7, 11) is 0. The van der Waals surface area contributed by atoms with Gasteiger partial charge in [0.1, 0.15) is 11.8 Å². The highest BCUT2D eigenvalue weighted by Gasteiger charge is 2.24. The first-order valence-electron chi connectivity index (χ1n) is 17.0. The van der Waals surface area contributed by atoms with Crippen molar-refractivity contribution in [2.24, 2.45) is 0 Å². The van der Waals surface area contributed by atoms with E-state index in [1.54, 1.807) is 84.9 Å². The monoisotopic (exact) mass is 701 g/mol. The Balaban J connectivity index is 0.000000154. The number of aliphatic hydroxyl groups excluding tert-OH is 1. The van der Waals surface area contributed by atoms with Gasteiger partial charge in [-0.3, -0.25) is 14.4 Å². The number of rotatable bonds is 9. The van der Waals surface area contributed by atoms with Crippen molar-refractivity contribution < 1.29 is 28.6 Å². The van der Waals surface area contributed by atoms with E-state index in [1.807, 2.05) is 104 Å². The first-order chi connectivity index (χ1) is 25.8. The van der Waals surface area contributed by atoms with Crippen LogP contribution in [0.25, 0.3) is 22.6 Å². The van der Waals surface area contributed by atoms with E-state index in [1.165, 1.54) is 6.92 Å². The van der Waals surface area contributed by atoms with Gasteiger partial charge in [-0.15, -0.1) is 0 Å². The fourth-order valence-electron chi connectivity index (χ4n) is 5.37. The second kappa shape index (κ2) is 19.1. The van der Waals surface area contributed by atoms with Crippen LogP contribution in [0.3, 0.4) is 0 Å². The highest BCUT2D eigenvalue weighted by Crippen LogP contribution is 2.32. The standard InChI is InChI=1S/C16H13NO.C16H14O3.C14H12O2/c1-12-17-15(13-8-4-2-5-9-13)16(18-12)14-10-6-3-7-11-14;1-12(17)19-16(14-10-6-3-7-11-14)15(18)13-8-4-2-5-9-13;15-13(11-7-3-1-4-8-11)14(16)12-9-5-2-6-10-12/h2-11H,1H3;2-11,16H,1H3;1-10,13,15H. The number of oxazole rings is 1. The fourth-order valence-corrected chi connectivity index (χ4v) is 5.37. The Bertz CT molecular complexity index is 2110. The van der Waals surface area contributed by atoms with Crippen LogP contribution in [0.1, 0.15) is 56.9 Å². The number of Topliss-reactive ketones (excluding diaryl/α,β-unsaturated/α-hetero) is 2. The van der Waals surface area contributed by atoms with Gasteiger partial charge in [0.25, 0.3) is 0 Å². The number of ketones is 2. The van der Waals surface area contributed by atoms with Gasteiger partial charge in [-0.2, -0.15) is 0 Å². The van der Waals surface area contributed by atoms with Crippen molar-refractivity contribution in [1.82, 2.24) is 4.98 Å². The number of carbonyl (C=O) groups excluding carboxylic acids is 3. The molecule has 0 radical (unpaired) electrons. The predicted molar refractivity (Wildman–Crippen MR) is 206 cm³/mol. The summed E-state index contributed by atoms with van der Waals surface area (Å²) in [6.07, 6.45) is -1.97. The minimum absolute atomic E-state index is 0.220. The molecule has 7 rings (SSSR count). The maximum Gasteiger partial charge on any atom is 0.303 e. The number of aromatic nitrogens is 1. The van der Waals surface area contributed by atoms with Gasteiger partial charge in [-0.1, -0.05) is 182 Å². The molecule has 0 fully saturated rings. The fraction of sp³-hybridized carbons (Fsp3) is 0.0870. The van der Waals surface area contributed by atoms with Crippen LogP contribution in [0.2, 0.25) is 0 Å². The van der Waals surface area contributed by atoms with Gasteiger partial charge in [0.2, 0.25) is 5.78 Å². The minimum atomic E-state index is -1.08. The molecule has 7 nitrogen and oxygen atoms in total. The van der Waals surface area contributed by atoms with Crippen molar-refractivity contribution >= 4 is 17.5 Å². The van der Waals surface area contributed by atoms with Crippen molar-refractivity contribution in [2.45, 2.75) is 26.1 Å². The molecule has 0 spiro atoms. The van der Waals surface area contributed by atoms with Crippen LogP contribution in [0.5, 0.6) is 0 Å². The van der Waals surface area contributed by atoms with Gasteiger partial charge >= 0.3 is 5.97 Å². The molecule has 0 saturated heterocycles. The maximum absolute atomic E-state index is 12.4. The Morgan fingerprint density at radius 2 is 0.943 bits per heavy atom. The summed E-state index contributed by atoms with van der Waals surface area (Å²) >= 11 is 0. The highest BCUT2D eigenvalue weighted by atomic mass is 16.5. The first kappa shape index (κ1) is 37.6. The average molecular weight is 702 g/mol. The first-order valence-corrected chi connectivity index (χ1v) is 17.0. The second-order valence-corrected chi connectivity index (χ2v) is 11.8. The number of aryl methyl sites for hydroxylation is 1. The van der Waals surface area contributed by atoms with Gasteiger partial charge in [0.05, 0.1) is 0 Å². The molecule has 0 amide bonds. The SMILES string of the molecule is CC(=O)OC(C(=O)c1ccccc1)c1ccccc1.Cc1nc(-c2ccccc2)c(-c2ccccc2)o1.O=C(c1ccccc1)C(O)c1ccccc1. The summed E-state index contributed by atoms with van der Waals surface area (Å²) < 4.78 is 10.9. The zero-order chi connectivity index (χ0) is 37.4. The molecule has 264 valence electrons. The van der Waals surface area contributed by atoms with Crippen molar-refractivity contribution in [2.75, 3.05) is 0 Å². The molecule has 6 aromatic carbocycles. The molecule has 1 heterocycles. The molecule has 1 aromatic heterocycles. The molecular weight excluding hydrogens is 663 g/mol. The Kier molecular flexibility index (Phi) is 13.5. The Hall–Kier alpha value is -6.70. The van der Waals surface area contributed by atoms with Crippen LogP contribution in [0.15, 0.2) is 186 Å². The number of carbonyl (C=O) groups is 3.